The van der Waals surface area contributed by atoms with Gasteiger partial charge in [-0.3, -0.25) is 33.6 Å². The van der Waals surface area contributed by atoms with Gasteiger partial charge in [-0.25, -0.2) is 4.90 Å². The summed E-state index contributed by atoms with van der Waals surface area (Å²) in [6, 6.07) is 30.2. The largest absolute Gasteiger partial charge is 0.491 e. The Morgan fingerprint density at radius 2 is 1.61 bits per heavy atom. The van der Waals surface area contributed by atoms with Crippen molar-refractivity contribution in [2.45, 2.75) is 32.6 Å². The SMILES string of the molecule is Cc1c(-c2cc(N3C(=O)C4CC5C(=CCC6C(=O)N(c7ccc(C(=O)c8ccccc8)cc7)C(=O)C65)C(c5ccccc5OCCO)C4(C)C3=O)n(C)n2)sc2ccc(Cl)cc12. The summed E-state index contributed by atoms with van der Waals surface area (Å²) in [5.74, 6) is -4.55. The van der Waals surface area contributed by atoms with Crippen molar-refractivity contribution in [1.29, 1.82) is 0 Å². The van der Waals surface area contributed by atoms with Crippen LogP contribution in [-0.4, -0.2) is 57.5 Å². The molecule has 4 aromatic carbocycles. The summed E-state index contributed by atoms with van der Waals surface area (Å²) in [5.41, 5.74) is 3.06. The first-order valence-corrected chi connectivity index (χ1v) is 21.8. The van der Waals surface area contributed by atoms with Crippen LogP contribution in [0.1, 0.15) is 52.7 Å². The summed E-state index contributed by atoms with van der Waals surface area (Å²) in [6.07, 6.45) is 2.42. The number of aryl methyl sites for hydroxylation is 2. The van der Waals surface area contributed by atoms with Crippen molar-refractivity contribution in [2.75, 3.05) is 23.0 Å². The predicted octanol–water partition coefficient (Wildman–Crippen LogP) is 8.30. The fourth-order valence-corrected chi connectivity index (χ4v) is 11.9. The standard InChI is InChI=1S/C49H41ClN4O7S/c1-26-34-23-29(50)15-20-39(34)62-44(26)37-25-40(52(3)51-37)54-46(58)36-24-35-31(42(49(36,2)48(54)60)32-11-7-8-12-38(32)61-22-21-55)18-19-33-41(35)47(59)53(45(33)57)30-16-13-28(14-17-30)43(56)27-9-5-4-6-10-27/h4-18,20,23,25,33,35-36,41-42,55H,19,21-22,24H2,1-3H3. The summed E-state index contributed by atoms with van der Waals surface area (Å²) < 4.78 is 8.69. The number of ketones is 1. The smallest absolute Gasteiger partial charge is 0.242 e. The second-order valence-electron chi connectivity index (χ2n) is 16.7. The van der Waals surface area contributed by atoms with E-state index in [1.807, 2.05) is 62.4 Å². The lowest BCUT2D eigenvalue weighted by Gasteiger charge is -2.49. The lowest BCUT2D eigenvalue weighted by molar-refractivity contribution is -0.131. The third-order valence-corrected chi connectivity index (χ3v) is 15.0. The van der Waals surface area contributed by atoms with Crippen LogP contribution in [0.25, 0.3) is 20.7 Å². The molecule has 2 aliphatic carbocycles. The van der Waals surface area contributed by atoms with Gasteiger partial charge >= 0.3 is 0 Å². The van der Waals surface area contributed by atoms with E-state index in [0.717, 1.165) is 26.1 Å². The van der Waals surface area contributed by atoms with Crippen molar-refractivity contribution in [3.05, 3.63) is 142 Å². The molecule has 2 aromatic heterocycles. The molecule has 0 spiro atoms. The molecule has 6 aromatic rings. The van der Waals surface area contributed by atoms with Crippen molar-refractivity contribution >= 4 is 73.9 Å². The third-order valence-electron chi connectivity index (χ3n) is 13.5. The molecule has 11 nitrogen and oxygen atoms in total. The number of fused-ring (bicyclic) bond motifs is 5. The van der Waals surface area contributed by atoms with E-state index in [2.05, 4.69) is 0 Å². The van der Waals surface area contributed by atoms with Gasteiger partial charge in [-0.05, 0) is 92.1 Å². The van der Waals surface area contributed by atoms with Crippen molar-refractivity contribution < 1.29 is 33.8 Å². The van der Waals surface area contributed by atoms with Crippen LogP contribution in [0.4, 0.5) is 11.5 Å². The van der Waals surface area contributed by atoms with Crippen LogP contribution in [0.15, 0.2) is 115 Å². The quantitative estimate of drug-likeness (QED) is 0.0871. The van der Waals surface area contributed by atoms with Crippen LogP contribution in [0.5, 0.6) is 5.75 Å². The summed E-state index contributed by atoms with van der Waals surface area (Å²) in [6.45, 7) is 3.61. The van der Waals surface area contributed by atoms with Crippen molar-refractivity contribution in [2.24, 2.45) is 36.1 Å². The lowest BCUT2D eigenvalue weighted by atomic mass is 9.51. The number of allylic oxidation sites excluding steroid dienone is 2. The number of aromatic nitrogens is 2. The van der Waals surface area contributed by atoms with Gasteiger partial charge in [0.1, 0.15) is 23.9 Å². The van der Waals surface area contributed by atoms with Crippen LogP contribution in [0.2, 0.25) is 5.02 Å². The number of halogens is 1. The Morgan fingerprint density at radius 3 is 2.37 bits per heavy atom. The molecule has 6 unspecified atom stereocenters. The molecular formula is C49H41ClN4O7S. The van der Waals surface area contributed by atoms with E-state index < -0.39 is 46.8 Å². The molecule has 10 rings (SSSR count). The van der Waals surface area contributed by atoms with E-state index in [1.54, 1.807) is 83.7 Å². The van der Waals surface area contributed by atoms with E-state index in [9.17, 15) is 19.5 Å². The highest BCUT2D eigenvalue weighted by Gasteiger charge is 2.68. The highest BCUT2D eigenvalue weighted by Crippen LogP contribution is 2.64. The molecule has 6 atom stereocenters. The highest BCUT2D eigenvalue weighted by atomic mass is 35.5. The zero-order valence-corrected chi connectivity index (χ0v) is 35.7. The number of carbonyl (C=O) groups is 5. The average Bonchev–Trinajstić information content (AvgIpc) is 3.96. The zero-order valence-electron chi connectivity index (χ0n) is 34.1. The van der Waals surface area contributed by atoms with Crippen molar-refractivity contribution in [3.8, 4) is 16.3 Å². The third kappa shape index (κ3) is 5.95. The van der Waals surface area contributed by atoms with Gasteiger partial charge in [-0.2, -0.15) is 5.10 Å². The first-order valence-electron chi connectivity index (χ1n) is 20.6. The predicted molar refractivity (Wildman–Crippen MR) is 236 cm³/mol. The fraction of sp³-hybridized carbons (Fsp3) is 0.265. The molecule has 4 heterocycles. The number of hydrogen-bond acceptors (Lipinski definition) is 9. The number of hydrogen-bond donors (Lipinski definition) is 1. The van der Waals surface area contributed by atoms with Crippen molar-refractivity contribution in [1.82, 2.24) is 9.78 Å². The Labute approximate surface area is 366 Å². The summed E-state index contributed by atoms with van der Waals surface area (Å²) in [7, 11) is 1.72. The van der Waals surface area contributed by atoms with Gasteiger partial charge in [0.2, 0.25) is 23.6 Å². The minimum absolute atomic E-state index is 0.00882. The number of anilines is 2. The number of ether oxygens (including phenoxy) is 1. The summed E-state index contributed by atoms with van der Waals surface area (Å²) in [5, 5.41) is 16.2. The van der Waals surface area contributed by atoms with Crippen LogP contribution >= 0.6 is 22.9 Å². The molecule has 0 radical (unpaired) electrons. The molecule has 2 aliphatic heterocycles. The number of nitrogens with zero attached hydrogens (tertiary/aromatic N) is 4. The Morgan fingerprint density at radius 1 is 0.887 bits per heavy atom. The first kappa shape index (κ1) is 39.9. The fourth-order valence-electron chi connectivity index (χ4n) is 10.6. The zero-order chi connectivity index (χ0) is 43.2. The van der Waals surface area contributed by atoms with Gasteiger partial charge in [0, 0.05) is 45.4 Å². The molecule has 3 fully saturated rings. The average molecular weight is 865 g/mol. The van der Waals surface area contributed by atoms with Gasteiger partial charge in [0.05, 0.1) is 40.3 Å². The van der Waals surface area contributed by atoms with Crippen molar-refractivity contribution in [3.63, 3.8) is 0 Å². The number of para-hydroxylation sites is 1. The van der Waals surface area contributed by atoms with Gasteiger partial charge in [-0.15, -0.1) is 11.3 Å². The monoisotopic (exact) mass is 864 g/mol. The maximum atomic E-state index is 15.3. The minimum Gasteiger partial charge on any atom is -0.491 e. The first-order chi connectivity index (χ1) is 29.9. The van der Waals surface area contributed by atoms with Gasteiger partial charge in [0.15, 0.2) is 5.78 Å². The number of carbonyl (C=O) groups excluding carboxylic acids is 5. The molecule has 4 aliphatic rings. The Bertz CT molecular complexity index is 2900. The molecular weight excluding hydrogens is 824 g/mol. The molecule has 1 saturated carbocycles. The van der Waals surface area contributed by atoms with Crippen LogP contribution < -0.4 is 14.5 Å². The van der Waals surface area contributed by atoms with E-state index in [0.29, 0.717) is 44.7 Å². The second kappa shape index (κ2) is 15.0. The number of rotatable bonds is 9. The molecule has 13 heteroatoms. The highest BCUT2D eigenvalue weighted by molar-refractivity contribution is 7.22. The normalized spacial score (nSPS) is 24.3. The Kier molecular flexibility index (Phi) is 9.66. The van der Waals surface area contributed by atoms with Crippen LogP contribution in [0, 0.1) is 36.0 Å². The number of aliphatic hydroxyl groups excluding tert-OH is 1. The number of aliphatic hydroxyl groups is 1. The number of imide groups is 2. The Hall–Kier alpha value is -6.21. The number of thiophene rings is 1. The van der Waals surface area contributed by atoms with E-state index in [-0.39, 0.29) is 43.7 Å². The summed E-state index contributed by atoms with van der Waals surface area (Å²) in [4.78, 5) is 76.1. The van der Waals surface area contributed by atoms with Crippen LogP contribution in [-0.2, 0) is 26.2 Å². The van der Waals surface area contributed by atoms with E-state index in [1.165, 1.54) is 9.80 Å². The van der Waals surface area contributed by atoms with Gasteiger partial charge in [0.25, 0.3) is 0 Å². The number of amides is 4. The second-order valence-corrected chi connectivity index (χ2v) is 18.2. The molecule has 0 bridgehead atoms. The summed E-state index contributed by atoms with van der Waals surface area (Å²) >= 11 is 7.91. The van der Waals surface area contributed by atoms with Gasteiger partial charge < -0.3 is 9.84 Å². The molecule has 1 N–H and O–H groups in total. The lowest BCUT2D eigenvalue weighted by Crippen LogP contribution is -2.49. The van der Waals surface area contributed by atoms with E-state index >= 15 is 9.59 Å². The maximum absolute atomic E-state index is 15.3. The topological polar surface area (TPSA) is 139 Å². The number of benzene rings is 4. The minimum atomic E-state index is -1.33. The molecule has 312 valence electrons. The Balaban J connectivity index is 1.04. The van der Waals surface area contributed by atoms with Crippen LogP contribution in [0.3, 0.4) is 0 Å². The maximum Gasteiger partial charge on any atom is 0.242 e. The molecule has 4 amide bonds. The van der Waals surface area contributed by atoms with E-state index in [4.69, 9.17) is 21.4 Å². The van der Waals surface area contributed by atoms with Gasteiger partial charge in [-0.1, -0.05) is 71.8 Å². The molecule has 2 saturated heterocycles. The molecule has 62 heavy (non-hydrogen) atoms.